The number of carboxylic acid groups (broad SMARTS) is 1. The van der Waals surface area contributed by atoms with Gasteiger partial charge in [0.15, 0.2) is 6.10 Å². The highest BCUT2D eigenvalue weighted by molar-refractivity contribution is 7.80. The number of aromatic nitrogens is 1. The van der Waals surface area contributed by atoms with Gasteiger partial charge in [0, 0.05) is 18.5 Å². The van der Waals surface area contributed by atoms with Crippen molar-refractivity contribution in [2.45, 2.75) is 26.0 Å². The number of carboxylic acids is 1. The van der Waals surface area contributed by atoms with Crippen LogP contribution in [0, 0.1) is 0 Å². The van der Waals surface area contributed by atoms with Gasteiger partial charge in [-0.1, -0.05) is 23.2 Å². The van der Waals surface area contributed by atoms with Crippen LogP contribution in [-0.4, -0.2) is 51.3 Å². The Balaban J connectivity index is 2.04. The average Bonchev–Trinajstić information content (AvgIpc) is 2.68. The Hall–Kier alpha value is -2.16. The maximum atomic E-state index is 12.6. The number of amides is 1. The second-order valence-corrected chi connectivity index (χ2v) is 7.14. The summed E-state index contributed by atoms with van der Waals surface area (Å²) in [5, 5.41) is 9.93. The molecule has 0 radical (unpaired) electrons. The zero-order valence-corrected chi connectivity index (χ0v) is 18.1. The van der Waals surface area contributed by atoms with Gasteiger partial charge in [-0.2, -0.15) is 12.6 Å². The topological polar surface area (TPSA) is 89.0 Å². The minimum Gasteiger partial charge on any atom is -0.481 e. The number of hydrogen-bond donors (Lipinski definition) is 2. The van der Waals surface area contributed by atoms with Crippen LogP contribution < -0.4 is 9.47 Å². The number of carbonyl (C=O) groups excluding carboxylic acids is 1. The Kier molecular flexibility index (Phi) is 8.43. The number of rotatable bonds is 9. The van der Waals surface area contributed by atoms with E-state index in [-0.39, 0.29) is 23.2 Å². The molecule has 1 heterocycles. The van der Waals surface area contributed by atoms with Crippen molar-refractivity contribution >= 4 is 47.7 Å². The number of halogens is 2. The van der Waals surface area contributed by atoms with Gasteiger partial charge in [-0.3, -0.25) is 4.79 Å². The summed E-state index contributed by atoms with van der Waals surface area (Å²) in [5.74, 6) is -0.454. The van der Waals surface area contributed by atoms with Gasteiger partial charge in [-0.15, -0.1) is 0 Å². The summed E-state index contributed by atoms with van der Waals surface area (Å²) in [6, 6.07) is 6.99. The molecule has 0 fully saturated rings. The lowest BCUT2D eigenvalue weighted by molar-refractivity contribution is -0.151. The third-order valence-corrected chi connectivity index (χ3v) is 4.75. The third kappa shape index (κ3) is 6.16. The van der Waals surface area contributed by atoms with E-state index < -0.39 is 24.0 Å². The molecule has 29 heavy (non-hydrogen) atoms. The van der Waals surface area contributed by atoms with E-state index in [0.717, 1.165) is 0 Å². The van der Waals surface area contributed by atoms with E-state index in [2.05, 4.69) is 17.6 Å². The number of thiol groups is 1. The molecular weight excluding hydrogens is 439 g/mol. The van der Waals surface area contributed by atoms with Gasteiger partial charge in [0.2, 0.25) is 5.88 Å². The van der Waals surface area contributed by atoms with Crippen molar-refractivity contribution < 1.29 is 24.2 Å². The van der Waals surface area contributed by atoms with Crippen LogP contribution in [-0.2, 0) is 9.59 Å². The molecule has 0 bridgehead atoms. The van der Waals surface area contributed by atoms with Crippen LogP contribution >= 0.6 is 35.8 Å². The summed E-state index contributed by atoms with van der Waals surface area (Å²) in [5.41, 5.74) is 0. The first-order valence-electron chi connectivity index (χ1n) is 8.66. The molecule has 2 rings (SSSR count). The van der Waals surface area contributed by atoms with Crippen molar-refractivity contribution in [1.29, 1.82) is 0 Å². The van der Waals surface area contributed by atoms with E-state index in [1.54, 1.807) is 38.1 Å². The van der Waals surface area contributed by atoms with Crippen molar-refractivity contribution in [3.05, 3.63) is 46.6 Å². The molecule has 1 aromatic heterocycles. The normalized spacial score (nSPS) is 12.7. The molecule has 156 valence electrons. The van der Waals surface area contributed by atoms with Gasteiger partial charge in [-0.05, 0) is 44.2 Å². The first kappa shape index (κ1) is 23.1. The van der Waals surface area contributed by atoms with Gasteiger partial charge >= 0.3 is 5.97 Å². The highest BCUT2D eigenvalue weighted by Crippen LogP contribution is 2.30. The molecule has 0 spiro atoms. The molecule has 10 heteroatoms. The maximum absolute atomic E-state index is 12.6. The first-order chi connectivity index (χ1) is 13.8. The molecule has 2 atom stereocenters. The zero-order chi connectivity index (χ0) is 21.6. The van der Waals surface area contributed by atoms with Crippen LogP contribution in [0.25, 0.3) is 0 Å². The maximum Gasteiger partial charge on any atom is 0.327 e. The molecule has 0 saturated carbocycles. The number of pyridine rings is 1. The van der Waals surface area contributed by atoms with E-state index in [0.29, 0.717) is 16.5 Å². The second-order valence-electron chi connectivity index (χ2n) is 5.93. The minimum atomic E-state index is -1.11. The fraction of sp³-hybridized carbons (Fsp3) is 0.316. The zero-order valence-electron chi connectivity index (χ0n) is 15.7. The molecule has 1 aromatic carbocycles. The van der Waals surface area contributed by atoms with Crippen LogP contribution in [0.5, 0.6) is 17.4 Å². The predicted molar refractivity (Wildman–Crippen MR) is 114 cm³/mol. The number of likely N-dealkylation sites (N-methyl/N-ethyl adjacent to an activating group) is 1. The summed E-state index contributed by atoms with van der Waals surface area (Å²) < 4.78 is 11.2. The van der Waals surface area contributed by atoms with E-state index in [4.69, 9.17) is 32.7 Å². The molecule has 1 N–H and O–H groups in total. The molecule has 1 amide bonds. The summed E-state index contributed by atoms with van der Waals surface area (Å²) in [7, 11) is 0. The molecule has 0 aliphatic rings. The van der Waals surface area contributed by atoms with Crippen LogP contribution in [0.3, 0.4) is 0 Å². The van der Waals surface area contributed by atoms with E-state index in [1.807, 2.05) is 0 Å². The van der Waals surface area contributed by atoms with E-state index in [9.17, 15) is 14.7 Å². The highest BCUT2D eigenvalue weighted by atomic mass is 35.5. The van der Waals surface area contributed by atoms with Crippen LogP contribution in [0.4, 0.5) is 0 Å². The van der Waals surface area contributed by atoms with E-state index in [1.165, 1.54) is 17.2 Å². The molecule has 1 unspecified atom stereocenters. The lowest BCUT2D eigenvalue weighted by atomic mass is 10.2. The largest absolute Gasteiger partial charge is 0.481 e. The van der Waals surface area contributed by atoms with Gasteiger partial charge < -0.3 is 19.5 Å². The standard InChI is InChI=1S/C19H20Cl2N2O5S/c1-3-23(16(10-29)19(25)26)18(24)11(2)27-13-4-6-14(7-5-13)28-17-15(21)8-12(20)9-22-17/h4-9,11,16,29H,3,10H2,1-2H3,(H,25,26)/t11?,16-/m0/s1. The molecule has 7 nitrogen and oxygen atoms in total. The lowest BCUT2D eigenvalue weighted by Gasteiger charge is -2.29. The Morgan fingerprint density at radius 3 is 2.38 bits per heavy atom. The Morgan fingerprint density at radius 1 is 1.24 bits per heavy atom. The summed E-state index contributed by atoms with van der Waals surface area (Å²) >= 11 is 15.9. The quantitative estimate of drug-likeness (QED) is 0.547. The van der Waals surface area contributed by atoms with E-state index >= 15 is 0 Å². The predicted octanol–water partition coefficient (Wildman–Crippen LogP) is 4.18. The Bertz CT molecular complexity index is 866. The molecule has 0 aliphatic carbocycles. The Labute approximate surface area is 183 Å². The number of carbonyl (C=O) groups is 2. The average molecular weight is 459 g/mol. The van der Waals surface area contributed by atoms with Gasteiger partial charge in [-0.25, -0.2) is 9.78 Å². The SMILES string of the molecule is CCN(C(=O)C(C)Oc1ccc(Oc2ncc(Cl)cc2Cl)cc1)[C@@H](CS)C(=O)O. The molecular formula is C19H20Cl2N2O5S. The van der Waals surface area contributed by atoms with Crippen LogP contribution in [0.1, 0.15) is 13.8 Å². The first-order valence-corrected chi connectivity index (χ1v) is 10.0. The van der Waals surface area contributed by atoms with Crippen molar-refractivity contribution in [3.63, 3.8) is 0 Å². The molecule has 0 saturated heterocycles. The number of benzene rings is 1. The van der Waals surface area contributed by atoms with Gasteiger partial charge in [0.1, 0.15) is 22.6 Å². The summed E-state index contributed by atoms with van der Waals surface area (Å²) in [4.78, 5) is 29.2. The molecule has 0 aliphatic heterocycles. The number of nitrogens with zero attached hydrogens (tertiary/aromatic N) is 2. The van der Waals surface area contributed by atoms with Crippen molar-refractivity contribution in [3.8, 4) is 17.4 Å². The van der Waals surface area contributed by atoms with Crippen molar-refractivity contribution in [2.24, 2.45) is 0 Å². The summed E-state index contributed by atoms with van der Waals surface area (Å²) in [6.45, 7) is 3.49. The number of ether oxygens (including phenoxy) is 2. The number of aliphatic carboxylic acids is 1. The second kappa shape index (κ2) is 10.6. The fourth-order valence-corrected chi connectivity index (χ4v) is 3.27. The minimum absolute atomic E-state index is 0.00889. The van der Waals surface area contributed by atoms with Crippen LogP contribution in [0.2, 0.25) is 10.0 Å². The smallest absolute Gasteiger partial charge is 0.327 e. The van der Waals surface area contributed by atoms with Crippen molar-refractivity contribution in [1.82, 2.24) is 9.88 Å². The highest BCUT2D eigenvalue weighted by Gasteiger charge is 2.31. The van der Waals surface area contributed by atoms with Crippen molar-refractivity contribution in [2.75, 3.05) is 12.3 Å². The summed E-state index contributed by atoms with van der Waals surface area (Å²) in [6.07, 6.45) is 0.540. The molecule has 2 aromatic rings. The monoisotopic (exact) mass is 458 g/mol. The fourth-order valence-electron chi connectivity index (χ4n) is 2.50. The Morgan fingerprint density at radius 2 is 1.86 bits per heavy atom. The number of hydrogen-bond acceptors (Lipinski definition) is 6. The van der Waals surface area contributed by atoms with Gasteiger partial charge in [0.25, 0.3) is 5.91 Å². The third-order valence-electron chi connectivity index (χ3n) is 3.93. The van der Waals surface area contributed by atoms with Gasteiger partial charge in [0.05, 0.1) is 5.02 Å². The lowest BCUT2D eigenvalue weighted by Crippen LogP contribution is -2.50. The van der Waals surface area contributed by atoms with Crippen LogP contribution in [0.15, 0.2) is 36.5 Å².